The Morgan fingerprint density at radius 3 is 1.96 bits per heavy atom. The number of hydrogen-bond acceptors (Lipinski definition) is 7. The summed E-state index contributed by atoms with van der Waals surface area (Å²) in [6, 6.07) is 33.3. The van der Waals surface area contributed by atoms with Gasteiger partial charge in [0.15, 0.2) is 5.43 Å². The second-order valence-electron chi connectivity index (χ2n) is 12.7. The SMILES string of the molecule is Cc1ccc2cccc(NCc3c4[nH]c5c(CNc6cccc7ccc(C)nc67)c(O)ccc5c(-c5ccccc5C(=O)O)c-4ccc3=O)c2n1. The van der Waals surface area contributed by atoms with Gasteiger partial charge in [-0.3, -0.25) is 14.8 Å². The number of anilines is 2. The number of nitrogens with one attached hydrogen (secondary N) is 3. The van der Waals surface area contributed by atoms with Crippen LogP contribution < -0.4 is 16.1 Å². The lowest BCUT2D eigenvalue weighted by molar-refractivity contribution is 0.0697. The van der Waals surface area contributed by atoms with Crippen molar-refractivity contribution >= 4 is 50.1 Å². The Hall–Kier alpha value is -6.74. The fraction of sp³-hybridized carbons (Fsp3) is 0.0952. The van der Waals surface area contributed by atoms with E-state index in [1.54, 1.807) is 42.5 Å². The van der Waals surface area contributed by atoms with Gasteiger partial charge in [-0.25, -0.2) is 4.79 Å². The molecular weight excluding hydrogens is 638 g/mol. The second-order valence-corrected chi connectivity index (χ2v) is 12.7. The third-order valence-electron chi connectivity index (χ3n) is 9.40. The third kappa shape index (κ3) is 5.64. The predicted molar refractivity (Wildman–Crippen MR) is 203 cm³/mol. The lowest BCUT2D eigenvalue weighted by Crippen LogP contribution is -2.16. The van der Waals surface area contributed by atoms with Gasteiger partial charge in [-0.15, -0.1) is 0 Å². The van der Waals surface area contributed by atoms with Gasteiger partial charge in [0, 0.05) is 62.9 Å². The van der Waals surface area contributed by atoms with Crippen molar-refractivity contribution in [2.75, 3.05) is 10.6 Å². The first-order chi connectivity index (χ1) is 24.8. The van der Waals surface area contributed by atoms with Crippen LogP contribution in [0.15, 0.2) is 114 Å². The standard InChI is InChI=1S/C42H33N5O4/c1-23-13-15-25-7-5-11-33(38(25)45-23)43-21-31-35(48)19-17-29-37(27-9-3-4-10-28(27)42(50)51)30-18-20-36(49)32(41(30)47-40(29)31)22-44-34-12-6-8-26-16-14-24(2)46-39(26)34/h3-20,43-44,47-48H,21-22H2,1-2H3,(H,50,51). The van der Waals surface area contributed by atoms with Gasteiger partial charge in [-0.05, 0) is 74.0 Å². The molecule has 2 aliphatic rings. The number of hydrogen-bond donors (Lipinski definition) is 5. The molecule has 3 heterocycles. The van der Waals surface area contributed by atoms with E-state index in [4.69, 9.17) is 9.97 Å². The number of aromatic nitrogens is 3. The normalized spacial score (nSPS) is 11.4. The van der Waals surface area contributed by atoms with Crippen LogP contribution >= 0.6 is 0 Å². The number of fused-ring (bicyclic) bond motifs is 4. The molecule has 8 rings (SSSR count). The molecule has 0 atom stereocenters. The lowest BCUT2D eigenvalue weighted by atomic mass is 9.87. The highest BCUT2D eigenvalue weighted by Crippen LogP contribution is 2.43. The maximum Gasteiger partial charge on any atom is 0.336 e. The molecule has 5 N–H and O–H groups in total. The molecule has 51 heavy (non-hydrogen) atoms. The minimum Gasteiger partial charge on any atom is -0.508 e. The number of phenols is 1. The van der Waals surface area contributed by atoms with Crippen molar-refractivity contribution in [2.45, 2.75) is 26.9 Å². The van der Waals surface area contributed by atoms with Crippen molar-refractivity contribution < 1.29 is 15.0 Å². The summed E-state index contributed by atoms with van der Waals surface area (Å²) in [6.07, 6.45) is 0. The van der Waals surface area contributed by atoms with Gasteiger partial charge in [0.1, 0.15) is 5.75 Å². The molecule has 9 nitrogen and oxygen atoms in total. The van der Waals surface area contributed by atoms with Crippen LogP contribution in [0.2, 0.25) is 0 Å². The van der Waals surface area contributed by atoms with Gasteiger partial charge in [0.05, 0.1) is 39.2 Å². The van der Waals surface area contributed by atoms with Gasteiger partial charge >= 0.3 is 5.97 Å². The molecule has 6 aromatic rings. The number of para-hydroxylation sites is 2. The maximum absolute atomic E-state index is 13.7. The fourth-order valence-corrected chi connectivity index (χ4v) is 6.91. The Bertz CT molecular complexity index is 2700. The van der Waals surface area contributed by atoms with E-state index in [-0.39, 0.29) is 29.8 Å². The Labute approximate surface area is 292 Å². The van der Waals surface area contributed by atoms with Crippen LogP contribution in [0.4, 0.5) is 11.4 Å². The second kappa shape index (κ2) is 12.6. The first kappa shape index (κ1) is 31.5. The molecule has 0 fully saturated rings. The molecule has 0 saturated heterocycles. The summed E-state index contributed by atoms with van der Waals surface area (Å²) in [6.45, 7) is 4.26. The number of aryl methyl sites for hydroxylation is 2. The van der Waals surface area contributed by atoms with Crippen LogP contribution in [0.3, 0.4) is 0 Å². The molecular formula is C42H33N5O4. The molecule has 0 saturated carbocycles. The summed E-state index contributed by atoms with van der Waals surface area (Å²) < 4.78 is 0. The fourth-order valence-electron chi connectivity index (χ4n) is 6.91. The van der Waals surface area contributed by atoms with Crippen molar-refractivity contribution in [3.8, 4) is 28.1 Å². The first-order valence-corrected chi connectivity index (χ1v) is 16.6. The average molecular weight is 672 g/mol. The highest BCUT2D eigenvalue weighted by molar-refractivity contribution is 6.09. The van der Waals surface area contributed by atoms with Gasteiger partial charge in [-0.2, -0.15) is 0 Å². The van der Waals surface area contributed by atoms with Crippen LogP contribution in [0, 0.1) is 13.8 Å². The number of aromatic amines is 1. The number of aromatic hydroxyl groups is 1. The number of carboxylic acid groups (broad SMARTS) is 1. The third-order valence-corrected chi connectivity index (χ3v) is 9.40. The van der Waals surface area contributed by atoms with Crippen molar-refractivity contribution in [3.63, 3.8) is 0 Å². The molecule has 1 aliphatic carbocycles. The van der Waals surface area contributed by atoms with Crippen LogP contribution in [-0.4, -0.2) is 31.1 Å². The van der Waals surface area contributed by atoms with E-state index in [2.05, 4.69) is 15.6 Å². The average Bonchev–Trinajstić information content (AvgIpc) is 3.13. The molecule has 0 radical (unpaired) electrons. The Morgan fingerprint density at radius 2 is 1.31 bits per heavy atom. The molecule has 4 aromatic carbocycles. The van der Waals surface area contributed by atoms with E-state index in [1.807, 2.05) is 74.5 Å². The molecule has 0 amide bonds. The number of H-pyrrole nitrogens is 1. The van der Waals surface area contributed by atoms with Crippen LogP contribution in [-0.2, 0) is 13.1 Å². The zero-order valence-electron chi connectivity index (χ0n) is 27.9. The minimum absolute atomic E-state index is 0.0441. The van der Waals surface area contributed by atoms with Crippen molar-refractivity contribution in [1.29, 1.82) is 0 Å². The van der Waals surface area contributed by atoms with E-state index < -0.39 is 5.97 Å². The van der Waals surface area contributed by atoms with E-state index in [1.165, 1.54) is 6.07 Å². The zero-order chi connectivity index (χ0) is 35.2. The zero-order valence-corrected chi connectivity index (χ0v) is 27.9. The number of aromatic carboxylic acids is 1. The number of pyridine rings is 3. The number of rotatable bonds is 8. The van der Waals surface area contributed by atoms with Gasteiger partial charge in [-0.1, -0.05) is 54.6 Å². The first-order valence-electron chi connectivity index (χ1n) is 16.6. The van der Waals surface area contributed by atoms with Crippen LogP contribution in [0.1, 0.15) is 32.9 Å². The Kier molecular flexibility index (Phi) is 7.80. The van der Waals surface area contributed by atoms with Gasteiger partial charge in [0.25, 0.3) is 0 Å². The molecule has 2 aromatic heterocycles. The highest BCUT2D eigenvalue weighted by atomic mass is 16.4. The summed E-state index contributed by atoms with van der Waals surface area (Å²) in [5.41, 5.74) is 8.84. The largest absolute Gasteiger partial charge is 0.508 e. The van der Waals surface area contributed by atoms with Gasteiger partial charge < -0.3 is 25.8 Å². The molecule has 9 heteroatoms. The van der Waals surface area contributed by atoms with E-state index in [0.717, 1.165) is 44.6 Å². The Balaban J connectivity index is 1.33. The molecule has 250 valence electrons. The quantitative estimate of drug-likeness (QED) is 0.101. The summed E-state index contributed by atoms with van der Waals surface area (Å²) in [5, 5.41) is 31.2. The highest BCUT2D eigenvalue weighted by Gasteiger charge is 2.25. The van der Waals surface area contributed by atoms with Gasteiger partial charge in [0.2, 0.25) is 0 Å². The number of benzene rings is 5. The summed E-state index contributed by atoms with van der Waals surface area (Å²) in [5.74, 6) is -1.03. The van der Waals surface area contributed by atoms with Crippen molar-refractivity contribution in [3.05, 3.63) is 147 Å². The Morgan fingerprint density at radius 1 is 0.686 bits per heavy atom. The number of carboxylic acids is 1. The molecule has 0 unspecified atom stereocenters. The van der Waals surface area contributed by atoms with Crippen molar-refractivity contribution in [2.24, 2.45) is 0 Å². The topological polar surface area (TPSA) is 140 Å². The summed E-state index contributed by atoms with van der Waals surface area (Å²) in [7, 11) is 0. The molecule has 0 spiro atoms. The monoisotopic (exact) mass is 671 g/mol. The smallest absolute Gasteiger partial charge is 0.336 e. The van der Waals surface area contributed by atoms with E-state index in [9.17, 15) is 19.8 Å². The number of nitrogens with zero attached hydrogens (tertiary/aromatic N) is 2. The molecule has 0 bridgehead atoms. The summed E-state index contributed by atoms with van der Waals surface area (Å²) >= 11 is 0. The summed E-state index contributed by atoms with van der Waals surface area (Å²) in [4.78, 5) is 39.3. The predicted octanol–water partition coefficient (Wildman–Crippen LogP) is 8.64. The minimum atomic E-state index is -1.07. The molecule has 1 aliphatic heterocycles. The maximum atomic E-state index is 13.7. The van der Waals surface area contributed by atoms with Crippen molar-refractivity contribution in [1.82, 2.24) is 15.0 Å². The van der Waals surface area contributed by atoms with E-state index >= 15 is 0 Å². The number of carbonyl (C=O) groups is 1. The van der Waals surface area contributed by atoms with Crippen LogP contribution in [0.25, 0.3) is 55.1 Å². The van der Waals surface area contributed by atoms with E-state index in [0.29, 0.717) is 44.4 Å². The lowest BCUT2D eigenvalue weighted by Gasteiger charge is -2.22. The van der Waals surface area contributed by atoms with Crippen LogP contribution in [0.5, 0.6) is 5.75 Å². The number of phenolic OH excluding ortho intramolecular Hbond substituents is 1.